The first-order valence-electron chi connectivity index (χ1n) is 10.2. The zero-order valence-corrected chi connectivity index (χ0v) is 17.7. The fourth-order valence-electron chi connectivity index (χ4n) is 3.73. The number of carbonyl (C=O) groups is 3. The molecule has 1 saturated carbocycles. The fourth-order valence-corrected chi connectivity index (χ4v) is 3.85. The topological polar surface area (TPSA) is 107 Å². The molecule has 1 aliphatic heterocycles. The lowest BCUT2D eigenvalue weighted by atomic mass is 10.1. The van der Waals surface area contributed by atoms with Gasteiger partial charge in [-0.15, -0.1) is 0 Å². The van der Waals surface area contributed by atoms with Gasteiger partial charge in [-0.05, 0) is 37.1 Å². The summed E-state index contributed by atoms with van der Waals surface area (Å²) in [5, 5.41) is 15.5. The number of hydrogen-bond donors (Lipinski definition) is 2. The van der Waals surface area contributed by atoms with Crippen LogP contribution in [-0.4, -0.2) is 76.7 Å². The summed E-state index contributed by atoms with van der Waals surface area (Å²) in [6.45, 7) is 3.73. The molecule has 9 heteroatoms. The molecule has 3 rings (SSSR count). The highest BCUT2D eigenvalue weighted by molar-refractivity contribution is 6.30. The molecule has 1 aromatic carbocycles. The first kappa shape index (κ1) is 24.0. The van der Waals surface area contributed by atoms with Crippen LogP contribution in [0.15, 0.2) is 24.3 Å². The highest BCUT2D eigenvalue weighted by atomic mass is 35.5. The highest BCUT2D eigenvalue weighted by Gasteiger charge is 2.26. The predicted octanol–water partition coefficient (Wildman–Crippen LogP) is 2.74. The van der Waals surface area contributed by atoms with Gasteiger partial charge in [-0.1, -0.05) is 37.3 Å². The number of carbonyl (C=O) groups excluding carboxylic acids is 1. The molecule has 0 atom stereocenters. The van der Waals surface area contributed by atoms with Crippen molar-refractivity contribution in [3.63, 3.8) is 0 Å². The summed E-state index contributed by atoms with van der Waals surface area (Å²) in [6.07, 6.45) is 8.15. The van der Waals surface area contributed by atoms with Crippen LogP contribution in [-0.2, 0) is 14.4 Å². The minimum Gasteiger partial charge on any atom is -0.484 e. The standard InChI is InChI=1S/C19H27ClN2O2.C2H2O4/c20-16-7-9-18(10-8-16)24-15-19(23)22-13-11-21(12-14-22)17-5-3-1-2-4-6-17;3-1(4)2(5)6/h7-10,17H,1-6,11-15H2;(H,3,4)(H,5,6). The Balaban J connectivity index is 0.000000469. The molecule has 2 aliphatic rings. The van der Waals surface area contributed by atoms with Gasteiger partial charge in [-0.3, -0.25) is 9.69 Å². The van der Waals surface area contributed by atoms with Crippen LogP contribution in [0.1, 0.15) is 38.5 Å². The zero-order valence-electron chi connectivity index (χ0n) is 17.0. The van der Waals surface area contributed by atoms with Crippen LogP contribution in [0.4, 0.5) is 0 Å². The third-order valence-corrected chi connectivity index (χ3v) is 5.62. The molecule has 1 aliphatic carbocycles. The van der Waals surface area contributed by atoms with Gasteiger partial charge >= 0.3 is 11.9 Å². The number of ether oxygens (including phenoxy) is 1. The van der Waals surface area contributed by atoms with Crippen molar-refractivity contribution >= 4 is 29.4 Å². The summed E-state index contributed by atoms with van der Waals surface area (Å²) in [5.74, 6) is -2.89. The van der Waals surface area contributed by atoms with E-state index >= 15 is 0 Å². The van der Waals surface area contributed by atoms with E-state index in [9.17, 15) is 4.79 Å². The third kappa shape index (κ3) is 8.20. The van der Waals surface area contributed by atoms with E-state index in [4.69, 9.17) is 36.1 Å². The third-order valence-electron chi connectivity index (χ3n) is 5.37. The average Bonchev–Trinajstić information content (AvgIpc) is 3.03. The summed E-state index contributed by atoms with van der Waals surface area (Å²) in [5.41, 5.74) is 0. The van der Waals surface area contributed by atoms with Crippen molar-refractivity contribution in [1.82, 2.24) is 9.80 Å². The number of halogens is 1. The molecule has 2 fully saturated rings. The predicted molar refractivity (Wildman–Crippen MR) is 112 cm³/mol. The Morgan fingerprint density at radius 2 is 1.43 bits per heavy atom. The van der Waals surface area contributed by atoms with Crippen LogP contribution >= 0.6 is 11.6 Å². The van der Waals surface area contributed by atoms with Crippen molar-refractivity contribution in [3.8, 4) is 5.75 Å². The van der Waals surface area contributed by atoms with Crippen molar-refractivity contribution in [2.45, 2.75) is 44.6 Å². The van der Waals surface area contributed by atoms with Crippen molar-refractivity contribution in [1.29, 1.82) is 0 Å². The maximum absolute atomic E-state index is 12.3. The maximum Gasteiger partial charge on any atom is 0.414 e. The molecule has 1 aromatic rings. The Labute approximate surface area is 181 Å². The first-order chi connectivity index (χ1) is 14.4. The van der Waals surface area contributed by atoms with Gasteiger partial charge in [0.2, 0.25) is 0 Å². The second-order valence-electron chi connectivity index (χ2n) is 7.42. The number of hydrogen-bond acceptors (Lipinski definition) is 5. The normalized spacial score (nSPS) is 18.0. The number of amides is 1. The minimum atomic E-state index is -1.82. The van der Waals surface area contributed by atoms with E-state index < -0.39 is 11.9 Å². The lowest BCUT2D eigenvalue weighted by Crippen LogP contribution is -2.52. The van der Waals surface area contributed by atoms with E-state index in [2.05, 4.69) is 4.90 Å². The summed E-state index contributed by atoms with van der Waals surface area (Å²) in [6, 6.07) is 7.86. The molecular weight excluding hydrogens is 412 g/mol. The van der Waals surface area contributed by atoms with Gasteiger partial charge in [0.15, 0.2) is 6.61 Å². The van der Waals surface area contributed by atoms with E-state index in [0.717, 1.165) is 32.2 Å². The Morgan fingerprint density at radius 3 is 1.93 bits per heavy atom. The van der Waals surface area contributed by atoms with Crippen molar-refractivity contribution in [2.24, 2.45) is 0 Å². The van der Waals surface area contributed by atoms with Crippen molar-refractivity contribution in [3.05, 3.63) is 29.3 Å². The highest BCUT2D eigenvalue weighted by Crippen LogP contribution is 2.23. The Kier molecular flexibility index (Phi) is 9.89. The van der Waals surface area contributed by atoms with Crippen molar-refractivity contribution in [2.75, 3.05) is 32.8 Å². The number of nitrogens with zero attached hydrogens (tertiary/aromatic N) is 2. The Hall–Kier alpha value is -2.32. The van der Waals surface area contributed by atoms with Gasteiger partial charge < -0.3 is 19.8 Å². The summed E-state index contributed by atoms with van der Waals surface area (Å²) < 4.78 is 5.57. The molecule has 30 heavy (non-hydrogen) atoms. The number of piperazine rings is 1. The summed E-state index contributed by atoms with van der Waals surface area (Å²) in [4.78, 5) is 35.1. The number of aliphatic carboxylic acids is 2. The lowest BCUT2D eigenvalue weighted by Gasteiger charge is -2.39. The molecule has 0 bridgehead atoms. The molecule has 0 unspecified atom stereocenters. The largest absolute Gasteiger partial charge is 0.484 e. The summed E-state index contributed by atoms with van der Waals surface area (Å²) in [7, 11) is 0. The fraction of sp³-hybridized carbons (Fsp3) is 0.571. The SMILES string of the molecule is O=C(COc1ccc(Cl)cc1)N1CCN(C2CCCCCC2)CC1.O=C(O)C(=O)O. The van der Waals surface area contributed by atoms with Crippen LogP contribution < -0.4 is 4.74 Å². The van der Waals surface area contributed by atoms with Crippen LogP contribution in [0.3, 0.4) is 0 Å². The van der Waals surface area contributed by atoms with Gasteiger partial charge in [0.05, 0.1) is 0 Å². The van der Waals surface area contributed by atoms with E-state index in [1.165, 1.54) is 38.5 Å². The first-order valence-corrected chi connectivity index (χ1v) is 10.6. The summed E-state index contributed by atoms with van der Waals surface area (Å²) >= 11 is 5.85. The van der Waals surface area contributed by atoms with Crippen LogP contribution in [0, 0.1) is 0 Å². The number of carboxylic acids is 2. The van der Waals surface area contributed by atoms with Crippen LogP contribution in [0.5, 0.6) is 5.75 Å². The Morgan fingerprint density at radius 1 is 0.900 bits per heavy atom. The molecule has 1 saturated heterocycles. The van der Waals surface area contributed by atoms with Crippen molar-refractivity contribution < 1.29 is 29.3 Å². The molecule has 1 amide bonds. The number of carboxylic acid groups (broad SMARTS) is 2. The number of rotatable bonds is 4. The van der Waals surface area contributed by atoms with E-state index in [0.29, 0.717) is 10.8 Å². The molecule has 1 heterocycles. The molecule has 0 spiro atoms. The quantitative estimate of drug-likeness (QED) is 0.547. The van der Waals surface area contributed by atoms with Gasteiger partial charge in [0.1, 0.15) is 5.75 Å². The van der Waals surface area contributed by atoms with Gasteiger partial charge in [-0.2, -0.15) is 0 Å². The van der Waals surface area contributed by atoms with E-state index in [1.807, 2.05) is 4.90 Å². The van der Waals surface area contributed by atoms with Gasteiger partial charge in [-0.25, -0.2) is 9.59 Å². The van der Waals surface area contributed by atoms with Crippen LogP contribution in [0.2, 0.25) is 5.02 Å². The monoisotopic (exact) mass is 440 g/mol. The van der Waals surface area contributed by atoms with Crippen LogP contribution in [0.25, 0.3) is 0 Å². The molecule has 0 aromatic heterocycles. The number of benzene rings is 1. The second kappa shape index (κ2) is 12.4. The lowest BCUT2D eigenvalue weighted by molar-refractivity contribution is -0.159. The molecular formula is C21H29ClN2O6. The maximum atomic E-state index is 12.3. The average molecular weight is 441 g/mol. The molecule has 8 nitrogen and oxygen atoms in total. The smallest absolute Gasteiger partial charge is 0.414 e. The minimum absolute atomic E-state index is 0.0745. The van der Waals surface area contributed by atoms with Gasteiger partial charge in [0.25, 0.3) is 5.91 Å². The molecule has 0 radical (unpaired) electrons. The molecule has 2 N–H and O–H groups in total. The zero-order chi connectivity index (χ0) is 21.9. The van der Waals surface area contributed by atoms with E-state index in [-0.39, 0.29) is 12.5 Å². The van der Waals surface area contributed by atoms with E-state index in [1.54, 1.807) is 24.3 Å². The second-order valence-corrected chi connectivity index (χ2v) is 7.85. The van der Waals surface area contributed by atoms with Gasteiger partial charge in [0, 0.05) is 37.2 Å². The molecule has 166 valence electrons. The Bertz CT molecular complexity index is 684.